The molecule has 19 nitrogen and oxygen atoms in total. The number of aliphatic hydroxyl groups is 11. The Kier molecular flexibility index (Phi) is 41.2. The first-order valence-electron chi connectivity index (χ1n) is 32.3. The van der Waals surface area contributed by atoms with Crippen molar-refractivity contribution in [3.63, 3.8) is 0 Å². The van der Waals surface area contributed by atoms with E-state index < -0.39 is 124 Å². The molecule has 3 aliphatic rings. The van der Waals surface area contributed by atoms with Crippen molar-refractivity contribution in [3.05, 3.63) is 0 Å². The molecule has 474 valence electrons. The minimum Gasteiger partial charge on any atom is -0.394 e. The first-order valence-corrected chi connectivity index (χ1v) is 32.3. The third-order valence-electron chi connectivity index (χ3n) is 16.7. The lowest BCUT2D eigenvalue weighted by Gasteiger charge is -2.48. The molecule has 0 aromatic rings. The SMILES string of the molecule is CCCCCCCCCCCCCCCCCCCCCCCCCCC(=O)NC(COC1OC(CO)C(OC2OC(CO)C(OC3OC(CO)C(O)C(O)C3O)C(O)C2O)C(O)C1O)C(O)CCCCCCCCCCCCC. The van der Waals surface area contributed by atoms with Gasteiger partial charge in [0.05, 0.1) is 38.6 Å². The zero-order chi connectivity index (χ0) is 58.3. The van der Waals surface area contributed by atoms with E-state index in [9.17, 15) is 61.0 Å². The summed E-state index contributed by atoms with van der Waals surface area (Å²) in [7, 11) is 0. The summed E-state index contributed by atoms with van der Waals surface area (Å²) in [6, 6.07) is -0.879. The molecular formula is C61H117NO18. The number of carbonyl (C=O) groups is 1. The molecule has 19 heteroatoms. The Morgan fingerprint density at radius 1 is 0.400 bits per heavy atom. The number of unbranched alkanes of at least 4 members (excludes halogenated alkanes) is 33. The standard InChI is InChI=1S/C61H117NO18/c1-3-5-7-9-11-13-15-16-17-18-19-20-21-22-23-24-25-26-27-29-31-33-35-37-39-49(67)62-44(45(66)38-36-34-32-30-28-14-12-10-8-6-4-2)43-75-59-55(73)52(70)57(47(41-64)77-59)80-61-56(74)53(71)58(48(42-65)78-61)79-60-54(72)51(69)50(68)46(40-63)76-60/h44-48,50-61,63-66,68-74H,3-43H2,1-2H3,(H,62,67). The van der Waals surface area contributed by atoms with Crippen LogP contribution in [0.1, 0.15) is 251 Å². The highest BCUT2D eigenvalue weighted by molar-refractivity contribution is 5.76. The Labute approximate surface area is 481 Å². The number of aliphatic hydroxyl groups excluding tert-OH is 11. The molecule has 0 spiro atoms. The van der Waals surface area contributed by atoms with Crippen LogP contribution < -0.4 is 5.32 Å². The second kappa shape index (κ2) is 45.2. The van der Waals surface area contributed by atoms with Crippen LogP contribution in [0.4, 0.5) is 0 Å². The molecule has 1 amide bonds. The molecule has 80 heavy (non-hydrogen) atoms. The molecule has 0 aliphatic carbocycles. The fraction of sp³-hybridized carbons (Fsp3) is 0.984. The van der Waals surface area contributed by atoms with Gasteiger partial charge in [-0.25, -0.2) is 0 Å². The molecule has 3 aliphatic heterocycles. The summed E-state index contributed by atoms with van der Waals surface area (Å²) in [6.45, 7) is 1.80. The maximum atomic E-state index is 13.4. The zero-order valence-corrected chi connectivity index (χ0v) is 49.6. The molecule has 3 fully saturated rings. The number of rotatable bonds is 49. The number of hydrogen-bond acceptors (Lipinski definition) is 18. The second-order valence-electron chi connectivity index (χ2n) is 23.6. The number of nitrogens with one attached hydrogen (secondary N) is 1. The van der Waals surface area contributed by atoms with Crippen LogP contribution in [0.15, 0.2) is 0 Å². The predicted octanol–water partition coefficient (Wildman–Crippen LogP) is 6.77. The Morgan fingerprint density at radius 2 is 0.713 bits per heavy atom. The van der Waals surface area contributed by atoms with Crippen LogP contribution in [0.2, 0.25) is 0 Å². The average Bonchev–Trinajstić information content (AvgIpc) is 3.45. The van der Waals surface area contributed by atoms with Gasteiger partial charge in [-0.05, 0) is 12.8 Å². The lowest BCUT2D eigenvalue weighted by molar-refractivity contribution is -0.379. The van der Waals surface area contributed by atoms with Crippen molar-refractivity contribution in [2.45, 2.75) is 356 Å². The largest absolute Gasteiger partial charge is 0.394 e. The molecule has 0 saturated carbocycles. The van der Waals surface area contributed by atoms with Crippen LogP contribution in [0, 0.1) is 0 Å². The summed E-state index contributed by atoms with van der Waals surface area (Å²) < 4.78 is 34.3. The zero-order valence-electron chi connectivity index (χ0n) is 49.6. The van der Waals surface area contributed by atoms with Gasteiger partial charge in [0.2, 0.25) is 5.91 Å². The van der Waals surface area contributed by atoms with Gasteiger partial charge in [0.1, 0.15) is 73.2 Å². The smallest absolute Gasteiger partial charge is 0.220 e. The summed E-state index contributed by atoms with van der Waals surface area (Å²) in [6.07, 6.45) is 17.7. The van der Waals surface area contributed by atoms with E-state index in [0.717, 1.165) is 44.9 Å². The lowest BCUT2D eigenvalue weighted by atomic mass is 9.96. The van der Waals surface area contributed by atoms with E-state index in [1.54, 1.807) is 0 Å². The minimum absolute atomic E-state index is 0.238. The Hall–Kier alpha value is -1.21. The van der Waals surface area contributed by atoms with E-state index in [-0.39, 0.29) is 18.9 Å². The van der Waals surface area contributed by atoms with Crippen molar-refractivity contribution in [2.75, 3.05) is 26.4 Å². The van der Waals surface area contributed by atoms with Gasteiger partial charge < -0.3 is 89.9 Å². The van der Waals surface area contributed by atoms with Gasteiger partial charge in [0, 0.05) is 6.42 Å². The van der Waals surface area contributed by atoms with Crippen LogP contribution >= 0.6 is 0 Å². The monoisotopic (exact) mass is 1150 g/mol. The van der Waals surface area contributed by atoms with E-state index in [1.807, 2.05) is 0 Å². The fourth-order valence-electron chi connectivity index (χ4n) is 11.4. The number of hydrogen-bond donors (Lipinski definition) is 12. The summed E-state index contributed by atoms with van der Waals surface area (Å²) >= 11 is 0. The van der Waals surface area contributed by atoms with Gasteiger partial charge in [0.25, 0.3) is 0 Å². The van der Waals surface area contributed by atoms with Crippen LogP contribution in [-0.4, -0.2) is 193 Å². The van der Waals surface area contributed by atoms with E-state index in [2.05, 4.69) is 19.2 Å². The fourth-order valence-corrected chi connectivity index (χ4v) is 11.4. The first kappa shape index (κ1) is 73.0. The number of ether oxygens (including phenoxy) is 6. The Bertz CT molecular complexity index is 1470. The van der Waals surface area contributed by atoms with Crippen LogP contribution in [-0.2, 0) is 33.2 Å². The summed E-state index contributed by atoms with van der Waals surface area (Å²) in [4.78, 5) is 13.4. The molecule has 0 radical (unpaired) electrons. The van der Waals surface area contributed by atoms with Gasteiger partial charge >= 0.3 is 0 Å². The molecule has 3 saturated heterocycles. The maximum Gasteiger partial charge on any atom is 0.220 e. The normalized spacial score (nSPS) is 29.9. The van der Waals surface area contributed by atoms with Crippen molar-refractivity contribution in [1.29, 1.82) is 0 Å². The highest BCUT2D eigenvalue weighted by Gasteiger charge is 2.53. The first-order chi connectivity index (χ1) is 38.8. The van der Waals surface area contributed by atoms with Crippen molar-refractivity contribution in [1.82, 2.24) is 5.32 Å². The molecule has 17 atom stereocenters. The predicted molar refractivity (Wildman–Crippen MR) is 305 cm³/mol. The van der Waals surface area contributed by atoms with Crippen LogP contribution in [0.25, 0.3) is 0 Å². The van der Waals surface area contributed by atoms with E-state index in [4.69, 9.17) is 28.4 Å². The summed E-state index contributed by atoms with van der Waals surface area (Å²) in [5, 5.41) is 120. The Morgan fingerprint density at radius 3 is 1.09 bits per heavy atom. The highest BCUT2D eigenvalue weighted by atomic mass is 16.8. The summed E-state index contributed by atoms with van der Waals surface area (Å²) in [5.41, 5.74) is 0. The van der Waals surface area contributed by atoms with Crippen LogP contribution in [0.5, 0.6) is 0 Å². The lowest BCUT2D eigenvalue weighted by Crippen LogP contribution is -2.66. The topological polar surface area (TPSA) is 307 Å². The highest BCUT2D eigenvalue weighted by Crippen LogP contribution is 2.33. The molecule has 0 aromatic carbocycles. The minimum atomic E-state index is -1.97. The van der Waals surface area contributed by atoms with Crippen molar-refractivity contribution in [3.8, 4) is 0 Å². The van der Waals surface area contributed by atoms with Gasteiger partial charge in [-0.15, -0.1) is 0 Å². The van der Waals surface area contributed by atoms with E-state index in [0.29, 0.717) is 12.8 Å². The third kappa shape index (κ3) is 28.3. The van der Waals surface area contributed by atoms with Gasteiger partial charge in [-0.3, -0.25) is 4.79 Å². The Balaban J connectivity index is 1.41. The maximum absolute atomic E-state index is 13.4. The molecule has 12 N–H and O–H groups in total. The molecular weight excluding hydrogens is 1030 g/mol. The average molecular weight is 1150 g/mol. The second-order valence-corrected chi connectivity index (χ2v) is 23.6. The van der Waals surface area contributed by atoms with E-state index in [1.165, 1.54) is 173 Å². The van der Waals surface area contributed by atoms with Crippen molar-refractivity contribution in [2.24, 2.45) is 0 Å². The van der Waals surface area contributed by atoms with Gasteiger partial charge in [0.15, 0.2) is 18.9 Å². The number of carbonyl (C=O) groups excluding carboxylic acids is 1. The molecule has 17 unspecified atom stereocenters. The summed E-state index contributed by atoms with van der Waals surface area (Å²) in [5.74, 6) is -0.238. The van der Waals surface area contributed by atoms with Crippen molar-refractivity contribution >= 4 is 5.91 Å². The van der Waals surface area contributed by atoms with E-state index >= 15 is 0 Å². The molecule has 0 aromatic heterocycles. The number of amides is 1. The van der Waals surface area contributed by atoms with Gasteiger partial charge in [-0.2, -0.15) is 0 Å². The van der Waals surface area contributed by atoms with Gasteiger partial charge in [-0.1, -0.05) is 232 Å². The molecule has 0 bridgehead atoms. The molecule has 3 rings (SSSR count). The molecule has 3 heterocycles. The quantitative estimate of drug-likeness (QED) is 0.0280. The third-order valence-corrected chi connectivity index (χ3v) is 16.7. The van der Waals surface area contributed by atoms with Crippen molar-refractivity contribution < 1.29 is 89.4 Å². The van der Waals surface area contributed by atoms with Crippen LogP contribution in [0.3, 0.4) is 0 Å².